The first-order valence-electron chi connectivity index (χ1n) is 8.78. The number of halogens is 2. The summed E-state index contributed by atoms with van der Waals surface area (Å²) in [7, 11) is 0. The van der Waals surface area contributed by atoms with Gasteiger partial charge in [0.05, 0.1) is 16.0 Å². The zero-order valence-corrected chi connectivity index (χ0v) is 15.9. The van der Waals surface area contributed by atoms with Crippen molar-refractivity contribution >= 4 is 28.3 Å². The maximum Gasteiger partial charge on any atom is 0.260 e. The van der Waals surface area contributed by atoms with Crippen molar-refractivity contribution in [3.8, 4) is 0 Å². The van der Waals surface area contributed by atoms with Crippen LogP contribution >= 0.6 is 11.6 Å². The van der Waals surface area contributed by atoms with Crippen LogP contribution in [-0.4, -0.2) is 10.5 Å². The fourth-order valence-electron chi connectivity index (χ4n) is 3.26. The van der Waals surface area contributed by atoms with E-state index in [-0.39, 0.29) is 23.8 Å². The summed E-state index contributed by atoms with van der Waals surface area (Å²) in [5, 5.41) is 4.00. The van der Waals surface area contributed by atoms with E-state index in [1.165, 1.54) is 12.1 Å². The molecule has 0 atom stereocenters. The molecule has 1 aromatic heterocycles. The molecule has 6 heteroatoms. The van der Waals surface area contributed by atoms with Crippen molar-refractivity contribution in [2.24, 2.45) is 0 Å². The molecule has 3 aromatic rings. The quantitative estimate of drug-likeness (QED) is 0.704. The molecule has 0 bridgehead atoms. The van der Waals surface area contributed by atoms with Gasteiger partial charge in [-0.25, -0.2) is 4.39 Å². The first-order chi connectivity index (χ1) is 12.9. The second kappa shape index (κ2) is 7.92. The average Bonchev–Trinajstić information content (AvgIpc) is 2.63. The molecule has 0 aliphatic rings. The second-order valence-electron chi connectivity index (χ2n) is 6.39. The molecule has 2 aromatic carbocycles. The number of aromatic nitrogens is 1. The monoisotopic (exact) mass is 386 g/mol. The summed E-state index contributed by atoms with van der Waals surface area (Å²) in [6.07, 6.45) is 0.751. The number of fused-ring (bicyclic) bond motifs is 1. The van der Waals surface area contributed by atoms with Gasteiger partial charge in [-0.3, -0.25) is 9.59 Å². The molecule has 3 rings (SSSR count). The minimum Gasteiger partial charge on any atom is -0.348 e. The maximum atomic E-state index is 13.3. The van der Waals surface area contributed by atoms with Gasteiger partial charge in [-0.05, 0) is 37.1 Å². The molecule has 0 saturated heterocycles. The molecule has 0 aliphatic heterocycles. The molecule has 4 nitrogen and oxygen atoms in total. The van der Waals surface area contributed by atoms with Gasteiger partial charge in [-0.1, -0.05) is 42.8 Å². The molecule has 0 radical (unpaired) electrons. The Labute approximate surface area is 161 Å². The van der Waals surface area contributed by atoms with Crippen molar-refractivity contribution in [1.82, 2.24) is 9.88 Å². The summed E-state index contributed by atoms with van der Waals surface area (Å²) in [5.41, 5.74) is 1.46. The van der Waals surface area contributed by atoms with E-state index in [9.17, 15) is 14.0 Å². The van der Waals surface area contributed by atoms with Crippen LogP contribution in [-0.2, 0) is 13.1 Å². The van der Waals surface area contributed by atoms with E-state index < -0.39 is 0 Å². The summed E-state index contributed by atoms with van der Waals surface area (Å²) in [5.74, 6) is -0.680. The fourth-order valence-corrected chi connectivity index (χ4v) is 3.52. The zero-order valence-electron chi connectivity index (χ0n) is 15.2. The summed E-state index contributed by atoms with van der Waals surface area (Å²) in [6, 6.07) is 11.2. The third-order valence-corrected chi connectivity index (χ3v) is 4.84. The van der Waals surface area contributed by atoms with Crippen molar-refractivity contribution in [3.63, 3.8) is 0 Å². The highest BCUT2D eigenvalue weighted by atomic mass is 35.5. The van der Waals surface area contributed by atoms with Gasteiger partial charge in [-0.2, -0.15) is 0 Å². The Morgan fingerprint density at radius 3 is 2.67 bits per heavy atom. The molecule has 140 valence electrons. The molecule has 27 heavy (non-hydrogen) atoms. The first kappa shape index (κ1) is 19.1. The van der Waals surface area contributed by atoms with E-state index in [2.05, 4.69) is 5.32 Å². The SMILES string of the molecule is CCCn1c(C)c(C(=O)NCc2cccc(F)c2)c2cccc(Cl)c2c1=O. The summed E-state index contributed by atoms with van der Waals surface area (Å²) >= 11 is 6.27. The smallest absolute Gasteiger partial charge is 0.260 e. The standard InChI is InChI=1S/C21H20ClFN2O2/c1-3-10-25-13(2)18(16-8-5-9-17(22)19(16)21(25)27)20(26)24-12-14-6-4-7-15(23)11-14/h4-9,11H,3,10,12H2,1-2H3,(H,24,26). The van der Waals surface area contributed by atoms with Crippen LogP contribution < -0.4 is 10.9 Å². The van der Waals surface area contributed by atoms with Gasteiger partial charge < -0.3 is 9.88 Å². The molecule has 0 saturated carbocycles. The predicted octanol–water partition coefficient (Wildman–Crippen LogP) is 4.44. The summed E-state index contributed by atoms with van der Waals surface area (Å²) in [4.78, 5) is 25.8. The minimum atomic E-state index is -0.355. The molecule has 0 fully saturated rings. The second-order valence-corrected chi connectivity index (χ2v) is 6.80. The van der Waals surface area contributed by atoms with Gasteiger partial charge in [0, 0.05) is 24.2 Å². The van der Waals surface area contributed by atoms with Gasteiger partial charge in [0.2, 0.25) is 0 Å². The number of carbonyl (C=O) groups is 1. The highest BCUT2D eigenvalue weighted by molar-refractivity contribution is 6.36. The van der Waals surface area contributed by atoms with E-state index in [0.29, 0.717) is 39.2 Å². The highest BCUT2D eigenvalue weighted by Gasteiger charge is 2.20. The number of amides is 1. The van der Waals surface area contributed by atoms with Crippen LogP contribution in [0, 0.1) is 12.7 Å². The van der Waals surface area contributed by atoms with Crippen molar-refractivity contribution in [2.75, 3.05) is 0 Å². The molecule has 0 aliphatic carbocycles. The number of rotatable bonds is 5. The van der Waals surface area contributed by atoms with E-state index in [0.717, 1.165) is 6.42 Å². The van der Waals surface area contributed by atoms with Crippen molar-refractivity contribution in [2.45, 2.75) is 33.4 Å². The van der Waals surface area contributed by atoms with E-state index in [4.69, 9.17) is 11.6 Å². The Morgan fingerprint density at radius 2 is 1.96 bits per heavy atom. The number of hydrogen-bond donors (Lipinski definition) is 1. The minimum absolute atomic E-state index is 0.186. The maximum absolute atomic E-state index is 13.3. The Morgan fingerprint density at radius 1 is 1.22 bits per heavy atom. The lowest BCUT2D eigenvalue weighted by Gasteiger charge is -2.17. The zero-order chi connectivity index (χ0) is 19.6. The lowest BCUT2D eigenvalue weighted by atomic mass is 10.0. The van der Waals surface area contributed by atoms with E-state index >= 15 is 0 Å². The Balaban J connectivity index is 2.08. The first-order valence-corrected chi connectivity index (χ1v) is 9.16. The highest BCUT2D eigenvalue weighted by Crippen LogP contribution is 2.25. The Hall–Kier alpha value is -2.66. The van der Waals surface area contributed by atoms with Crippen LogP contribution in [0.5, 0.6) is 0 Å². The molecular weight excluding hydrogens is 367 g/mol. The largest absolute Gasteiger partial charge is 0.348 e. The van der Waals surface area contributed by atoms with Gasteiger partial charge in [0.15, 0.2) is 0 Å². The number of pyridine rings is 1. The lowest BCUT2D eigenvalue weighted by Crippen LogP contribution is -2.30. The average molecular weight is 387 g/mol. The van der Waals surface area contributed by atoms with Gasteiger partial charge in [0.1, 0.15) is 5.82 Å². The summed E-state index contributed by atoms with van der Waals surface area (Å²) < 4.78 is 14.9. The lowest BCUT2D eigenvalue weighted by molar-refractivity contribution is 0.0951. The third-order valence-electron chi connectivity index (χ3n) is 4.53. The van der Waals surface area contributed by atoms with Crippen LogP contribution in [0.2, 0.25) is 5.02 Å². The van der Waals surface area contributed by atoms with Crippen molar-refractivity contribution in [1.29, 1.82) is 0 Å². The molecular formula is C21H20ClFN2O2. The van der Waals surface area contributed by atoms with Crippen LogP contribution in [0.4, 0.5) is 4.39 Å². The van der Waals surface area contributed by atoms with E-state index in [1.807, 2.05) is 6.92 Å². The number of nitrogens with one attached hydrogen (secondary N) is 1. The van der Waals surface area contributed by atoms with Crippen LogP contribution in [0.15, 0.2) is 47.3 Å². The van der Waals surface area contributed by atoms with E-state index in [1.54, 1.807) is 41.8 Å². The number of nitrogens with zero attached hydrogens (tertiary/aromatic N) is 1. The topological polar surface area (TPSA) is 51.1 Å². The molecule has 0 spiro atoms. The number of carbonyl (C=O) groups excluding carboxylic acids is 1. The molecule has 1 amide bonds. The molecule has 0 unspecified atom stereocenters. The Bertz CT molecular complexity index is 1080. The van der Waals surface area contributed by atoms with Crippen LogP contribution in [0.1, 0.15) is 35.0 Å². The van der Waals surface area contributed by atoms with Gasteiger partial charge in [0.25, 0.3) is 11.5 Å². The normalized spacial score (nSPS) is 11.0. The Kier molecular flexibility index (Phi) is 5.61. The third kappa shape index (κ3) is 3.74. The van der Waals surface area contributed by atoms with Crippen LogP contribution in [0.3, 0.4) is 0 Å². The molecule has 1 heterocycles. The predicted molar refractivity (Wildman–Crippen MR) is 106 cm³/mol. The summed E-state index contributed by atoms with van der Waals surface area (Å²) in [6.45, 7) is 4.40. The van der Waals surface area contributed by atoms with Crippen molar-refractivity contribution < 1.29 is 9.18 Å². The van der Waals surface area contributed by atoms with Crippen molar-refractivity contribution in [3.05, 3.63) is 80.5 Å². The number of benzene rings is 2. The van der Waals surface area contributed by atoms with Gasteiger partial charge >= 0.3 is 0 Å². The number of hydrogen-bond acceptors (Lipinski definition) is 2. The van der Waals surface area contributed by atoms with Crippen LogP contribution in [0.25, 0.3) is 10.8 Å². The van der Waals surface area contributed by atoms with Gasteiger partial charge in [-0.15, -0.1) is 0 Å². The molecule has 1 N–H and O–H groups in total. The fraction of sp³-hybridized carbons (Fsp3) is 0.238.